The van der Waals surface area contributed by atoms with E-state index in [1.54, 1.807) is 17.1 Å². The fraction of sp³-hybridized carbons (Fsp3) is 0.600. The zero-order valence-corrected chi connectivity index (χ0v) is 14.6. The highest BCUT2D eigenvalue weighted by atomic mass is 32.1. The van der Waals surface area contributed by atoms with E-state index in [0.717, 1.165) is 43.4 Å². The molecule has 23 heavy (non-hydrogen) atoms. The molecule has 2 aromatic heterocycles. The molecule has 0 unspecified atom stereocenters. The molecule has 0 saturated carbocycles. The first-order valence-corrected chi connectivity index (χ1v) is 8.59. The van der Waals surface area contributed by atoms with Gasteiger partial charge in [0, 0.05) is 51.5 Å². The molecule has 1 fully saturated rings. The highest BCUT2D eigenvalue weighted by molar-refractivity contribution is 7.09. The third-order valence-electron chi connectivity index (χ3n) is 4.23. The Morgan fingerprint density at radius 2 is 2.17 bits per heavy atom. The number of hydrogen-bond acceptors (Lipinski definition) is 6. The number of hydrogen-bond donors (Lipinski definition) is 0. The minimum atomic E-state index is 0.0419. The van der Waals surface area contributed by atoms with E-state index in [1.807, 2.05) is 25.9 Å². The first-order valence-electron chi connectivity index (χ1n) is 7.82. The van der Waals surface area contributed by atoms with Crippen LogP contribution in [0.25, 0.3) is 0 Å². The van der Waals surface area contributed by atoms with Gasteiger partial charge in [0.2, 0.25) is 5.13 Å². The summed E-state index contributed by atoms with van der Waals surface area (Å²) in [6, 6.07) is 0. The largest absolute Gasteiger partial charge is 0.347 e. The van der Waals surface area contributed by atoms with Crippen LogP contribution in [-0.4, -0.2) is 56.6 Å². The van der Waals surface area contributed by atoms with Gasteiger partial charge in [-0.15, -0.1) is 0 Å². The van der Waals surface area contributed by atoms with Crippen molar-refractivity contribution in [3.8, 4) is 0 Å². The minimum absolute atomic E-state index is 0.0419. The van der Waals surface area contributed by atoms with E-state index in [2.05, 4.69) is 19.4 Å². The maximum atomic E-state index is 12.4. The van der Waals surface area contributed by atoms with Gasteiger partial charge < -0.3 is 9.80 Å². The molecule has 0 atom stereocenters. The van der Waals surface area contributed by atoms with Crippen molar-refractivity contribution in [2.24, 2.45) is 13.0 Å². The van der Waals surface area contributed by atoms with Gasteiger partial charge in [0.15, 0.2) is 0 Å². The molecule has 124 valence electrons. The Labute approximate surface area is 140 Å². The van der Waals surface area contributed by atoms with Crippen LogP contribution in [0.4, 0.5) is 5.13 Å². The number of anilines is 1. The molecule has 0 aromatic carbocycles. The van der Waals surface area contributed by atoms with Gasteiger partial charge >= 0.3 is 0 Å². The van der Waals surface area contributed by atoms with E-state index in [1.165, 1.54) is 11.5 Å². The lowest BCUT2D eigenvalue weighted by molar-refractivity contribution is 0.0765. The molecule has 3 heterocycles. The maximum Gasteiger partial charge on any atom is 0.256 e. The predicted octanol–water partition coefficient (Wildman–Crippen LogP) is 1.57. The summed E-state index contributed by atoms with van der Waals surface area (Å²) in [4.78, 5) is 20.9. The lowest BCUT2D eigenvalue weighted by Gasteiger charge is -2.33. The summed E-state index contributed by atoms with van der Waals surface area (Å²) in [5, 5.41) is 5.08. The molecule has 2 aromatic rings. The number of nitrogens with zero attached hydrogens (tertiary/aromatic N) is 6. The number of aromatic nitrogens is 4. The molecule has 0 bridgehead atoms. The number of amides is 1. The second-order valence-electron chi connectivity index (χ2n) is 6.14. The third kappa shape index (κ3) is 3.69. The van der Waals surface area contributed by atoms with Crippen LogP contribution < -0.4 is 4.90 Å². The molecule has 0 aliphatic carbocycles. The van der Waals surface area contributed by atoms with Gasteiger partial charge in [0.1, 0.15) is 5.82 Å². The van der Waals surface area contributed by atoms with Crippen molar-refractivity contribution >= 4 is 22.6 Å². The van der Waals surface area contributed by atoms with Crippen LogP contribution in [0.2, 0.25) is 0 Å². The van der Waals surface area contributed by atoms with Crippen LogP contribution >= 0.6 is 11.5 Å². The van der Waals surface area contributed by atoms with Gasteiger partial charge in [-0.25, -0.2) is 4.98 Å². The molecule has 7 nitrogen and oxygen atoms in total. The minimum Gasteiger partial charge on any atom is -0.347 e. The Hall–Kier alpha value is -1.96. The quantitative estimate of drug-likeness (QED) is 0.849. The molecule has 0 radical (unpaired) electrons. The molecule has 8 heteroatoms. The predicted molar refractivity (Wildman–Crippen MR) is 89.8 cm³/mol. The number of carbonyl (C=O) groups is 1. The van der Waals surface area contributed by atoms with E-state index in [-0.39, 0.29) is 5.91 Å². The smallest absolute Gasteiger partial charge is 0.256 e. The fourth-order valence-electron chi connectivity index (χ4n) is 2.94. The fourth-order valence-corrected chi connectivity index (χ4v) is 3.67. The molecule has 3 rings (SSSR count). The third-order valence-corrected chi connectivity index (χ3v) is 5.10. The van der Waals surface area contributed by atoms with Crippen LogP contribution in [0.5, 0.6) is 0 Å². The highest BCUT2D eigenvalue weighted by Crippen LogP contribution is 2.25. The Balaban J connectivity index is 1.51. The number of carbonyl (C=O) groups excluding carboxylic acids is 1. The lowest BCUT2D eigenvalue weighted by Crippen LogP contribution is -2.39. The van der Waals surface area contributed by atoms with Crippen LogP contribution in [0.15, 0.2) is 12.4 Å². The number of piperidine rings is 1. The van der Waals surface area contributed by atoms with E-state index < -0.39 is 0 Å². The first-order chi connectivity index (χ1) is 11.0. The Bertz CT molecular complexity index is 673. The van der Waals surface area contributed by atoms with E-state index in [9.17, 15) is 4.79 Å². The Kier molecular flexibility index (Phi) is 4.61. The van der Waals surface area contributed by atoms with Crippen LogP contribution in [0.3, 0.4) is 0 Å². The zero-order valence-electron chi connectivity index (χ0n) is 13.8. The molecule has 1 saturated heterocycles. The molecular formula is C15H22N6OS. The standard InChI is InChI=1S/C15H22N6OS/c1-11-17-15(23-18-11)21-6-4-12(5-7-21)9-19(2)14(22)13-8-16-20(3)10-13/h8,10,12H,4-7,9H2,1-3H3. The normalized spacial score (nSPS) is 15.9. The van der Waals surface area contributed by atoms with Crippen LogP contribution in [0, 0.1) is 12.8 Å². The summed E-state index contributed by atoms with van der Waals surface area (Å²) in [6.07, 6.45) is 5.53. The van der Waals surface area contributed by atoms with Gasteiger partial charge in [-0.3, -0.25) is 9.48 Å². The van der Waals surface area contributed by atoms with Crippen LogP contribution in [0.1, 0.15) is 29.0 Å². The molecule has 1 aliphatic rings. The van der Waals surface area contributed by atoms with E-state index in [4.69, 9.17) is 0 Å². The summed E-state index contributed by atoms with van der Waals surface area (Å²) in [7, 11) is 3.69. The molecular weight excluding hydrogens is 312 g/mol. The van der Waals surface area contributed by atoms with Crippen molar-refractivity contribution in [3.05, 3.63) is 23.8 Å². The summed E-state index contributed by atoms with van der Waals surface area (Å²) in [5.41, 5.74) is 0.650. The van der Waals surface area contributed by atoms with Crippen molar-refractivity contribution in [2.45, 2.75) is 19.8 Å². The van der Waals surface area contributed by atoms with Crippen molar-refractivity contribution in [2.75, 3.05) is 31.6 Å². The first kappa shape index (κ1) is 15.9. The van der Waals surface area contributed by atoms with Gasteiger partial charge in [-0.2, -0.15) is 9.47 Å². The number of rotatable bonds is 4. The second kappa shape index (κ2) is 6.66. The van der Waals surface area contributed by atoms with Gasteiger partial charge in [0.05, 0.1) is 11.8 Å². The lowest BCUT2D eigenvalue weighted by atomic mass is 9.96. The summed E-state index contributed by atoms with van der Waals surface area (Å²) < 4.78 is 5.90. The second-order valence-corrected chi connectivity index (χ2v) is 6.87. The van der Waals surface area contributed by atoms with Gasteiger partial charge in [0.25, 0.3) is 5.91 Å². The molecule has 1 aliphatic heterocycles. The van der Waals surface area contributed by atoms with Crippen LogP contribution in [-0.2, 0) is 7.05 Å². The zero-order chi connectivity index (χ0) is 16.4. The summed E-state index contributed by atoms with van der Waals surface area (Å²) in [5.74, 6) is 1.42. The maximum absolute atomic E-state index is 12.4. The van der Waals surface area contributed by atoms with Crippen molar-refractivity contribution in [1.29, 1.82) is 0 Å². The molecule has 0 spiro atoms. The van der Waals surface area contributed by atoms with Gasteiger partial charge in [-0.05, 0) is 25.7 Å². The molecule has 1 amide bonds. The van der Waals surface area contributed by atoms with E-state index in [0.29, 0.717) is 11.5 Å². The monoisotopic (exact) mass is 334 g/mol. The molecule has 0 N–H and O–H groups in total. The van der Waals surface area contributed by atoms with Crippen molar-refractivity contribution in [1.82, 2.24) is 24.0 Å². The van der Waals surface area contributed by atoms with Gasteiger partial charge in [-0.1, -0.05) is 0 Å². The average Bonchev–Trinajstić information content (AvgIpc) is 3.16. The average molecular weight is 334 g/mol. The van der Waals surface area contributed by atoms with Crippen molar-refractivity contribution < 1.29 is 4.79 Å². The summed E-state index contributed by atoms with van der Waals surface area (Å²) in [6.45, 7) is 4.67. The SMILES string of the molecule is Cc1nsc(N2CCC(CN(C)C(=O)c3cnn(C)c3)CC2)n1. The van der Waals surface area contributed by atoms with E-state index >= 15 is 0 Å². The Morgan fingerprint density at radius 1 is 1.43 bits per heavy atom. The van der Waals surface area contributed by atoms with Crippen molar-refractivity contribution in [3.63, 3.8) is 0 Å². The number of aryl methyl sites for hydroxylation is 2. The Morgan fingerprint density at radius 3 is 2.74 bits per heavy atom. The topological polar surface area (TPSA) is 67.2 Å². The highest BCUT2D eigenvalue weighted by Gasteiger charge is 2.24. The summed E-state index contributed by atoms with van der Waals surface area (Å²) >= 11 is 1.47.